The lowest BCUT2D eigenvalue weighted by Crippen LogP contribution is -2.42. The van der Waals surface area contributed by atoms with Crippen LogP contribution in [0.25, 0.3) is 0 Å². The van der Waals surface area contributed by atoms with E-state index in [4.69, 9.17) is 0 Å². The van der Waals surface area contributed by atoms with Gasteiger partial charge in [-0.05, 0) is 43.9 Å². The standard InChI is InChI=1S/C12H21NO3S/c1-8(13-12(14)7-17(2,15)16)11-6-9-3-4-10(11)5-9/h8-11H,3-7H2,1-2H3,(H,13,14). The first kappa shape index (κ1) is 12.9. The minimum absolute atomic E-state index is 0.111. The molecular weight excluding hydrogens is 238 g/mol. The van der Waals surface area contributed by atoms with Crippen LogP contribution in [0.3, 0.4) is 0 Å². The van der Waals surface area contributed by atoms with Crippen LogP contribution in [0.5, 0.6) is 0 Å². The van der Waals surface area contributed by atoms with Crippen molar-refractivity contribution in [3.63, 3.8) is 0 Å². The topological polar surface area (TPSA) is 63.2 Å². The molecule has 2 aliphatic carbocycles. The number of nitrogens with one attached hydrogen (secondary N) is 1. The first-order valence-corrected chi connectivity index (χ1v) is 8.38. The van der Waals surface area contributed by atoms with Crippen LogP contribution in [0.2, 0.25) is 0 Å². The molecule has 1 amide bonds. The molecule has 0 aliphatic heterocycles. The van der Waals surface area contributed by atoms with Crippen LogP contribution in [0.1, 0.15) is 32.6 Å². The minimum atomic E-state index is -3.21. The molecule has 4 nitrogen and oxygen atoms in total. The van der Waals surface area contributed by atoms with Gasteiger partial charge < -0.3 is 5.32 Å². The lowest BCUT2D eigenvalue weighted by atomic mass is 9.84. The molecule has 4 unspecified atom stereocenters. The van der Waals surface area contributed by atoms with Crippen LogP contribution >= 0.6 is 0 Å². The summed E-state index contributed by atoms with van der Waals surface area (Å²) in [5.74, 6) is 1.39. The highest BCUT2D eigenvalue weighted by molar-refractivity contribution is 7.91. The molecular formula is C12H21NO3S. The molecule has 0 saturated heterocycles. The molecule has 2 saturated carbocycles. The van der Waals surface area contributed by atoms with Gasteiger partial charge in [0.1, 0.15) is 5.75 Å². The first-order valence-electron chi connectivity index (χ1n) is 6.32. The van der Waals surface area contributed by atoms with Gasteiger partial charge in [0.15, 0.2) is 9.84 Å². The Morgan fingerprint density at radius 1 is 1.35 bits per heavy atom. The van der Waals surface area contributed by atoms with Crippen LogP contribution in [-0.2, 0) is 14.6 Å². The maximum Gasteiger partial charge on any atom is 0.235 e. The molecule has 2 bridgehead atoms. The van der Waals surface area contributed by atoms with Gasteiger partial charge in [-0.3, -0.25) is 4.79 Å². The van der Waals surface area contributed by atoms with Gasteiger partial charge in [0, 0.05) is 12.3 Å². The van der Waals surface area contributed by atoms with Crippen LogP contribution < -0.4 is 5.32 Å². The van der Waals surface area contributed by atoms with Crippen LogP contribution in [0.15, 0.2) is 0 Å². The summed E-state index contributed by atoms with van der Waals surface area (Å²) >= 11 is 0. The van der Waals surface area contributed by atoms with Crippen molar-refractivity contribution in [3.05, 3.63) is 0 Å². The predicted molar refractivity (Wildman–Crippen MR) is 66.3 cm³/mol. The zero-order valence-electron chi connectivity index (χ0n) is 10.5. The largest absolute Gasteiger partial charge is 0.352 e. The van der Waals surface area contributed by atoms with Crippen LogP contribution in [-0.4, -0.2) is 32.4 Å². The summed E-state index contributed by atoms with van der Waals surface area (Å²) in [7, 11) is -3.21. The summed E-state index contributed by atoms with van der Waals surface area (Å²) in [4.78, 5) is 11.5. The Bertz CT molecular complexity index is 404. The number of sulfone groups is 1. The normalized spacial score (nSPS) is 33.6. The van der Waals surface area contributed by atoms with Gasteiger partial charge in [-0.2, -0.15) is 0 Å². The average Bonchev–Trinajstić information content (AvgIpc) is 2.74. The Balaban J connectivity index is 1.85. The van der Waals surface area contributed by atoms with Crippen molar-refractivity contribution in [2.45, 2.75) is 38.6 Å². The summed E-state index contributed by atoms with van der Waals surface area (Å²) in [6, 6.07) is 0.111. The quantitative estimate of drug-likeness (QED) is 0.818. The van der Waals surface area contributed by atoms with E-state index in [1.165, 1.54) is 25.7 Å². The first-order chi connectivity index (χ1) is 7.85. The van der Waals surface area contributed by atoms with Crippen molar-refractivity contribution in [2.75, 3.05) is 12.0 Å². The van der Waals surface area contributed by atoms with Crippen molar-refractivity contribution >= 4 is 15.7 Å². The molecule has 4 atom stereocenters. The Hall–Kier alpha value is -0.580. The second-order valence-corrected chi connectivity index (χ2v) is 7.91. The molecule has 1 N–H and O–H groups in total. The molecule has 0 heterocycles. The Labute approximate surface area is 103 Å². The number of carbonyl (C=O) groups is 1. The SMILES string of the molecule is CC(NC(=O)CS(C)(=O)=O)C1CC2CCC1C2. The second-order valence-electron chi connectivity index (χ2n) is 5.76. The van der Waals surface area contributed by atoms with Gasteiger partial charge in [0.2, 0.25) is 5.91 Å². The Morgan fingerprint density at radius 3 is 2.53 bits per heavy atom. The summed E-state index contributed by atoms with van der Waals surface area (Å²) < 4.78 is 22.0. The van der Waals surface area contributed by atoms with Crippen molar-refractivity contribution < 1.29 is 13.2 Å². The van der Waals surface area contributed by atoms with E-state index in [0.717, 1.165) is 18.1 Å². The van der Waals surface area contributed by atoms with Crippen molar-refractivity contribution in [1.29, 1.82) is 0 Å². The third-order valence-electron chi connectivity index (χ3n) is 4.22. The summed E-state index contributed by atoms with van der Waals surface area (Å²) in [5, 5.41) is 2.85. The molecule has 2 fully saturated rings. The van der Waals surface area contributed by atoms with Crippen LogP contribution in [0.4, 0.5) is 0 Å². The van der Waals surface area contributed by atoms with E-state index >= 15 is 0 Å². The molecule has 0 aromatic carbocycles. The Kier molecular flexibility index (Phi) is 3.48. The molecule has 17 heavy (non-hydrogen) atoms. The molecule has 2 aliphatic rings. The minimum Gasteiger partial charge on any atom is -0.352 e. The predicted octanol–water partition coefficient (Wildman–Crippen LogP) is 0.972. The number of fused-ring (bicyclic) bond motifs is 2. The smallest absolute Gasteiger partial charge is 0.235 e. The summed E-state index contributed by atoms with van der Waals surface area (Å²) in [5.41, 5.74) is 0. The third kappa shape index (κ3) is 3.21. The van der Waals surface area contributed by atoms with Gasteiger partial charge in [-0.1, -0.05) is 6.42 Å². The van der Waals surface area contributed by atoms with Gasteiger partial charge >= 0.3 is 0 Å². The van der Waals surface area contributed by atoms with Gasteiger partial charge in [-0.15, -0.1) is 0 Å². The van der Waals surface area contributed by atoms with E-state index in [0.29, 0.717) is 5.92 Å². The monoisotopic (exact) mass is 259 g/mol. The summed E-state index contributed by atoms with van der Waals surface area (Å²) in [6.07, 6.45) is 6.21. The van der Waals surface area contributed by atoms with Crippen LogP contribution in [0, 0.1) is 17.8 Å². The fraction of sp³-hybridized carbons (Fsp3) is 0.917. The summed E-state index contributed by atoms with van der Waals surface area (Å²) in [6.45, 7) is 2.01. The van der Waals surface area contributed by atoms with E-state index in [2.05, 4.69) is 5.32 Å². The van der Waals surface area contributed by atoms with Crippen molar-refractivity contribution in [1.82, 2.24) is 5.32 Å². The molecule has 2 rings (SSSR count). The Morgan fingerprint density at radius 2 is 2.06 bits per heavy atom. The zero-order valence-corrected chi connectivity index (χ0v) is 11.3. The zero-order chi connectivity index (χ0) is 12.6. The van der Waals surface area contributed by atoms with E-state index in [1.54, 1.807) is 0 Å². The second kappa shape index (κ2) is 4.59. The number of amides is 1. The van der Waals surface area contributed by atoms with Gasteiger partial charge in [0.25, 0.3) is 0 Å². The number of hydrogen-bond donors (Lipinski definition) is 1. The highest BCUT2D eigenvalue weighted by Crippen LogP contribution is 2.49. The van der Waals surface area contributed by atoms with E-state index in [9.17, 15) is 13.2 Å². The molecule has 5 heteroatoms. The highest BCUT2D eigenvalue weighted by Gasteiger charge is 2.42. The van der Waals surface area contributed by atoms with E-state index in [-0.39, 0.29) is 11.9 Å². The highest BCUT2D eigenvalue weighted by atomic mass is 32.2. The molecule has 0 spiro atoms. The lowest BCUT2D eigenvalue weighted by Gasteiger charge is -2.28. The van der Waals surface area contributed by atoms with Crippen molar-refractivity contribution in [2.24, 2.45) is 17.8 Å². The fourth-order valence-electron chi connectivity index (χ4n) is 3.55. The molecule has 0 aromatic rings. The van der Waals surface area contributed by atoms with Gasteiger partial charge in [-0.25, -0.2) is 8.42 Å². The maximum atomic E-state index is 11.5. The average molecular weight is 259 g/mol. The van der Waals surface area contributed by atoms with E-state index < -0.39 is 15.6 Å². The van der Waals surface area contributed by atoms with Crippen molar-refractivity contribution in [3.8, 4) is 0 Å². The fourth-order valence-corrected chi connectivity index (χ4v) is 4.11. The number of carbonyl (C=O) groups excluding carboxylic acids is 1. The molecule has 0 radical (unpaired) electrons. The third-order valence-corrected chi connectivity index (χ3v) is 5.00. The lowest BCUT2D eigenvalue weighted by molar-refractivity contribution is -0.119. The van der Waals surface area contributed by atoms with E-state index in [1.807, 2.05) is 6.92 Å². The molecule has 0 aromatic heterocycles. The van der Waals surface area contributed by atoms with Gasteiger partial charge in [0.05, 0.1) is 0 Å². The number of rotatable bonds is 4. The maximum absolute atomic E-state index is 11.5. The molecule has 98 valence electrons. The number of hydrogen-bond acceptors (Lipinski definition) is 3.